The predicted molar refractivity (Wildman–Crippen MR) is 98.8 cm³/mol. The van der Waals surface area contributed by atoms with Gasteiger partial charge in [0.1, 0.15) is 5.75 Å². The SMILES string of the molecule is CO[C@@H]1CN(Cc2ccc(OC(F)F)cc2)CC(=O)N(Cc2cccnc2)C1. The number of methoxy groups -OCH3 is 1. The third-order valence-corrected chi connectivity index (χ3v) is 4.58. The first kappa shape index (κ1) is 20.2. The molecule has 2 aromatic rings. The number of aromatic nitrogens is 1. The van der Waals surface area contributed by atoms with E-state index in [9.17, 15) is 13.6 Å². The van der Waals surface area contributed by atoms with E-state index in [0.29, 0.717) is 26.2 Å². The van der Waals surface area contributed by atoms with Crippen LogP contribution in [0.2, 0.25) is 0 Å². The number of pyridine rings is 1. The third-order valence-electron chi connectivity index (χ3n) is 4.58. The summed E-state index contributed by atoms with van der Waals surface area (Å²) in [5.41, 5.74) is 1.87. The minimum absolute atomic E-state index is 0.0149. The largest absolute Gasteiger partial charge is 0.435 e. The number of amides is 1. The molecular weight excluding hydrogens is 368 g/mol. The van der Waals surface area contributed by atoms with E-state index in [-0.39, 0.29) is 24.3 Å². The van der Waals surface area contributed by atoms with E-state index in [4.69, 9.17) is 4.74 Å². The molecule has 1 aromatic carbocycles. The summed E-state index contributed by atoms with van der Waals surface area (Å²) in [5.74, 6) is 0.129. The lowest BCUT2D eigenvalue weighted by molar-refractivity contribution is -0.132. The van der Waals surface area contributed by atoms with E-state index in [0.717, 1.165) is 11.1 Å². The van der Waals surface area contributed by atoms with Crippen LogP contribution in [0.1, 0.15) is 11.1 Å². The predicted octanol–water partition coefficient (Wildman–Crippen LogP) is 2.54. The van der Waals surface area contributed by atoms with E-state index in [2.05, 4.69) is 9.72 Å². The summed E-state index contributed by atoms with van der Waals surface area (Å²) in [6, 6.07) is 10.2. The van der Waals surface area contributed by atoms with Gasteiger partial charge in [-0.25, -0.2) is 0 Å². The van der Waals surface area contributed by atoms with Crippen LogP contribution < -0.4 is 4.74 Å². The highest BCUT2D eigenvalue weighted by Crippen LogP contribution is 2.18. The van der Waals surface area contributed by atoms with Crippen molar-refractivity contribution in [2.75, 3.05) is 26.7 Å². The molecule has 0 bridgehead atoms. The molecule has 6 nitrogen and oxygen atoms in total. The standard InChI is InChI=1S/C20H23F2N3O3/c1-27-18-12-24(10-15-4-6-17(7-5-15)28-20(21)22)14-19(26)25(13-18)11-16-3-2-8-23-9-16/h2-9,18,20H,10-14H2,1H3/t18-/m1/s1. The van der Waals surface area contributed by atoms with Crippen molar-refractivity contribution in [1.29, 1.82) is 0 Å². The summed E-state index contributed by atoms with van der Waals surface area (Å²) in [6.45, 7) is -0.484. The Kier molecular flexibility index (Phi) is 6.89. The molecule has 0 aliphatic carbocycles. The van der Waals surface area contributed by atoms with Crippen LogP contribution in [-0.2, 0) is 22.6 Å². The van der Waals surface area contributed by atoms with Crippen LogP contribution >= 0.6 is 0 Å². The van der Waals surface area contributed by atoms with Gasteiger partial charge in [-0.15, -0.1) is 0 Å². The molecular formula is C20H23F2N3O3. The second kappa shape index (κ2) is 9.57. The van der Waals surface area contributed by atoms with Crippen LogP contribution in [0.3, 0.4) is 0 Å². The minimum atomic E-state index is -2.85. The summed E-state index contributed by atoms with van der Waals surface area (Å²) in [6.07, 6.45) is 3.33. The maximum Gasteiger partial charge on any atom is 0.387 e. The van der Waals surface area contributed by atoms with Crippen molar-refractivity contribution in [2.45, 2.75) is 25.8 Å². The molecule has 1 aromatic heterocycles. The van der Waals surface area contributed by atoms with Crippen molar-refractivity contribution in [3.8, 4) is 5.75 Å². The maximum absolute atomic E-state index is 12.8. The van der Waals surface area contributed by atoms with Gasteiger partial charge in [0.25, 0.3) is 0 Å². The molecule has 0 unspecified atom stereocenters. The van der Waals surface area contributed by atoms with Gasteiger partial charge >= 0.3 is 6.61 Å². The first-order valence-electron chi connectivity index (χ1n) is 8.99. The Bertz CT molecular complexity index is 759. The number of benzene rings is 1. The lowest BCUT2D eigenvalue weighted by Gasteiger charge is -2.23. The summed E-state index contributed by atoms with van der Waals surface area (Å²) in [5, 5.41) is 0. The zero-order valence-electron chi connectivity index (χ0n) is 15.6. The highest BCUT2D eigenvalue weighted by atomic mass is 19.3. The zero-order valence-corrected chi connectivity index (χ0v) is 15.6. The fourth-order valence-corrected chi connectivity index (χ4v) is 3.22. The van der Waals surface area contributed by atoms with Gasteiger partial charge in [0.05, 0.1) is 12.6 Å². The Morgan fingerprint density at radius 1 is 1.14 bits per heavy atom. The zero-order chi connectivity index (χ0) is 19.9. The number of carbonyl (C=O) groups is 1. The van der Waals surface area contributed by atoms with E-state index in [1.165, 1.54) is 12.1 Å². The molecule has 2 heterocycles. The topological polar surface area (TPSA) is 54.9 Å². The Balaban J connectivity index is 1.65. The van der Waals surface area contributed by atoms with Gasteiger partial charge in [-0.1, -0.05) is 18.2 Å². The summed E-state index contributed by atoms with van der Waals surface area (Å²) < 4.78 is 34.5. The summed E-state index contributed by atoms with van der Waals surface area (Å²) in [7, 11) is 1.64. The van der Waals surface area contributed by atoms with Gasteiger partial charge in [-0.2, -0.15) is 8.78 Å². The van der Waals surface area contributed by atoms with Crippen molar-refractivity contribution in [3.63, 3.8) is 0 Å². The van der Waals surface area contributed by atoms with Crippen molar-refractivity contribution in [2.24, 2.45) is 0 Å². The van der Waals surface area contributed by atoms with Gasteiger partial charge < -0.3 is 14.4 Å². The second-order valence-electron chi connectivity index (χ2n) is 6.69. The number of rotatable bonds is 7. The van der Waals surface area contributed by atoms with Gasteiger partial charge in [0.15, 0.2) is 0 Å². The Morgan fingerprint density at radius 3 is 2.57 bits per heavy atom. The first-order chi connectivity index (χ1) is 13.5. The highest BCUT2D eigenvalue weighted by Gasteiger charge is 2.28. The molecule has 0 radical (unpaired) electrons. The maximum atomic E-state index is 12.8. The number of hydrogen-bond acceptors (Lipinski definition) is 5. The van der Waals surface area contributed by atoms with E-state index in [1.54, 1.807) is 36.5 Å². The number of ether oxygens (including phenoxy) is 2. The molecule has 1 aliphatic rings. The number of nitrogens with zero attached hydrogens (tertiary/aromatic N) is 3. The van der Waals surface area contributed by atoms with E-state index < -0.39 is 6.61 Å². The second-order valence-corrected chi connectivity index (χ2v) is 6.69. The Hall–Kier alpha value is -2.58. The molecule has 1 amide bonds. The molecule has 150 valence electrons. The number of halogens is 2. The monoisotopic (exact) mass is 391 g/mol. The molecule has 3 rings (SSSR count). The molecule has 28 heavy (non-hydrogen) atoms. The first-order valence-corrected chi connectivity index (χ1v) is 8.99. The minimum Gasteiger partial charge on any atom is -0.435 e. The summed E-state index contributed by atoms with van der Waals surface area (Å²) >= 11 is 0. The fraction of sp³-hybridized carbons (Fsp3) is 0.400. The van der Waals surface area contributed by atoms with Crippen molar-refractivity contribution in [1.82, 2.24) is 14.8 Å². The number of carbonyl (C=O) groups excluding carboxylic acids is 1. The fourth-order valence-electron chi connectivity index (χ4n) is 3.22. The van der Waals surface area contributed by atoms with Gasteiger partial charge in [0.2, 0.25) is 5.91 Å². The average Bonchev–Trinajstić information content (AvgIpc) is 2.82. The van der Waals surface area contributed by atoms with E-state index in [1.807, 2.05) is 17.0 Å². The Labute approximate surface area is 162 Å². The molecule has 0 N–H and O–H groups in total. The van der Waals surface area contributed by atoms with Crippen molar-refractivity contribution in [3.05, 3.63) is 59.9 Å². The molecule has 1 saturated heterocycles. The number of alkyl halides is 2. The third kappa shape index (κ3) is 5.71. The van der Waals surface area contributed by atoms with Crippen LogP contribution in [-0.4, -0.2) is 60.2 Å². The average molecular weight is 391 g/mol. The molecule has 1 atom stereocenters. The molecule has 0 spiro atoms. The van der Waals surface area contributed by atoms with Crippen LogP contribution in [0.15, 0.2) is 48.8 Å². The Morgan fingerprint density at radius 2 is 1.93 bits per heavy atom. The van der Waals surface area contributed by atoms with Crippen LogP contribution in [0.4, 0.5) is 8.78 Å². The lowest BCUT2D eigenvalue weighted by atomic mass is 10.2. The van der Waals surface area contributed by atoms with E-state index >= 15 is 0 Å². The van der Waals surface area contributed by atoms with Crippen LogP contribution in [0.25, 0.3) is 0 Å². The van der Waals surface area contributed by atoms with Gasteiger partial charge in [0, 0.05) is 45.7 Å². The van der Waals surface area contributed by atoms with Gasteiger partial charge in [-0.05, 0) is 29.3 Å². The quantitative estimate of drug-likeness (QED) is 0.726. The lowest BCUT2D eigenvalue weighted by Crippen LogP contribution is -2.37. The van der Waals surface area contributed by atoms with Crippen molar-refractivity contribution >= 4 is 5.91 Å². The molecule has 1 fully saturated rings. The normalized spacial score (nSPS) is 18.4. The summed E-state index contributed by atoms with van der Waals surface area (Å²) in [4.78, 5) is 20.6. The van der Waals surface area contributed by atoms with Crippen LogP contribution in [0, 0.1) is 0 Å². The highest BCUT2D eigenvalue weighted by molar-refractivity contribution is 5.78. The van der Waals surface area contributed by atoms with Gasteiger partial charge in [-0.3, -0.25) is 14.7 Å². The molecule has 8 heteroatoms. The smallest absolute Gasteiger partial charge is 0.387 e. The van der Waals surface area contributed by atoms with Crippen LogP contribution in [0.5, 0.6) is 5.75 Å². The van der Waals surface area contributed by atoms with Crippen molar-refractivity contribution < 1.29 is 23.0 Å². The molecule has 1 aliphatic heterocycles. The number of hydrogen-bond donors (Lipinski definition) is 0. The molecule has 0 saturated carbocycles.